The largest absolute Gasteiger partial charge is 0.365 e. The summed E-state index contributed by atoms with van der Waals surface area (Å²) in [4.78, 5) is 31.2. The molecule has 0 aliphatic rings. The molecule has 0 amide bonds. The van der Waals surface area contributed by atoms with Crippen LogP contribution < -0.4 is 0 Å². The highest BCUT2D eigenvalue weighted by Gasteiger charge is 2.19. The van der Waals surface area contributed by atoms with Crippen LogP contribution in [0.2, 0.25) is 0 Å². The average Bonchev–Trinajstić information content (AvgIpc) is 2.84. The second-order valence-electron chi connectivity index (χ2n) is 7.52. The lowest BCUT2D eigenvalue weighted by Crippen LogP contribution is -2.17. The van der Waals surface area contributed by atoms with Gasteiger partial charge < -0.3 is 4.84 Å². The Morgan fingerprint density at radius 3 is 2.19 bits per heavy atom. The Morgan fingerprint density at radius 2 is 1.53 bits per heavy atom. The van der Waals surface area contributed by atoms with Gasteiger partial charge in [-0.3, -0.25) is 4.79 Å². The van der Waals surface area contributed by atoms with Crippen molar-refractivity contribution in [1.82, 2.24) is 0 Å². The normalized spacial score (nSPS) is 11.2. The summed E-state index contributed by atoms with van der Waals surface area (Å²) in [6.07, 6.45) is 4.38. The minimum atomic E-state index is -0.588. The van der Waals surface area contributed by atoms with E-state index in [0.29, 0.717) is 22.4 Å². The minimum absolute atomic E-state index is 0.230. The van der Waals surface area contributed by atoms with Crippen LogP contribution in [0.4, 0.5) is 0 Å². The van der Waals surface area contributed by atoms with Gasteiger partial charge in [0.15, 0.2) is 0 Å². The lowest BCUT2D eigenvalue weighted by Gasteiger charge is -2.10. The Bertz CT molecular complexity index is 1080. The molecule has 0 aliphatic heterocycles. The maximum atomic E-state index is 13.3. The molecule has 0 saturated carbocycles. The van der Waals surface area contributed by atoms with Gasteiger partial charge in [0.05, 0.1) is 5.56 Å². The molecule has 0 unspecified atom stereocenters. The summed E-state index contributed by atoms with van der Waals surface area (Å²) >= 11 is 4.56. The average molecular weight is 446 g/mol. The first-order chi connectivity index (χ1) is 15.6. The van der Waals surface area contributed by atoms with E-state index in [1.54, 1.807) is 30.3 Å². The molecule has 0 atom stereocenters. The zero-order chi connectivity index (χ0) is 22.8. The number of benzene rings is 3. The van der Waals surface area contributed by atoms with Crippen LogP contribution in [0.25, 0.3) is 11.1 Å². The number of oxime groups is 1. The molecule has 0 aliphatic carbocycles. The molecule has 5 heteroatoms. The molecule has 3 aromatic rings. The van der Waals surface area contributed by atoms with Crippen LogP contribution in [0, 0.1) is 0 Å². The highest BCUT2D eigenvalue weighted by atomic mass is 32.1. The number of hydrogen-bond acceptors (Lipinski definition) is 5. The van der Waals surface area contributed by atoms with Gasteiger partial charge in [-0.05, 0) is 48.2 Å². The van der Waals surface area contributed by atoms with Crippen LogP contribution in [-0.4, -0.2) is 17.5 Å². The summed E-state index contributed by atoms with van der Waals surface area (Å²) in [5, 5.41) is 3.98. The molecule has 32 heavy (non-hydrogen) atoms. The highest BCUT2D eigenvalue weighted by Crippen LogP contribution is 2.25. The van der Waals surface area contributed by atoms with Crippen molar-refractivity contribution >= 4 is 30.1 Å². The van der Waals surface area contributed by atoms with Gasteiger partial charge in [-0.15, -0.1) is 12.6 Å². The van der Waals surface area contributed by atoms with Crippen molar-refractivity contribution in [1.29, 1.82) is 0 Å². The Kier molecular flexibility index (Phi) is 8.81. The molecule has 0 fully saturated rings. The van der Waals surface area contributed by atoms with Crippen molar-refractivity contribution in [2.24, 2.45) is 5.16 Å². The number of carbonyl (C=O) groups is 2. The number of ketones is 1. The molecule has 3 aromatic carbocycles. The topological polar surface area (TPSA) is 55.7 Å². The van der Waals surface area contributed by atoms with E-state index in [1.807, 2.05) is 48.5 Å². The quantitative estimate of drug-likeness (QED) is 0.0912. The Balaban J connectivity index is 1.81. The van der Waals surface area contributed by atoms with E-state index in [-0.39, 0.29) is 11.5 Å². The fraction of sp³-hybridized carbons (Fsp3) is 0.222. The first-order valence-electron chi connectivity index (χ1n) is 10.9. The van der Waals surface area contributed by atoms with Crippen LogP contribution in [0.5, 0.6) is 0 Å². The standard InChI is InChI=1S/C27H27NO3S/c1-2-3-4-11-16-24(28-31-27(30)21-14-9-6-10-15-21)26(29)23-18-17-22(19-25(23)32)20-12-7-5-8-13-20/h5-10,12-15,17-19,32H,2-4,11,16H2,1H3. The molecule has 0 spiro atoms. The van der Waals surface area contributed by atoms with Crippen molar-refractivity contribution in [2.45, 2.75) is 43.9 Å². The molecule has 3 rings (SSSR count). The maximum Gasteiger partial charge on any atom is 0.365 e. The maximum absolute atomic E-state index is 13.3. The number of carbonyl (C=O) groups excluding carboxylic acids is 2. The van der Waals surface area contributed by atoms with E-state index in [9.17, 15) is 9.59 Å². The molecular weight excluding hydrogens is 418 g/mol. The Morgan fingerprint density at radius 1 is 0.844 bits per heavy atom. The third-order valence-corrected chi connectivity index (χ3v) is 5.50. The molecule has 0 aromatic heterocycles. The van der Waals surface area contributed by atoms with Crippen LogP contribution in [0.1, 0.15) is 59.7 Å². The van der Waals surface area contributed by atoms with Gasteiger partial charge in [0.25, 0.3) is 0 Å². The predicted molar refractivity (Wildman–Crippen MR) is 132 cm³/mol. The number of rotatable bonds is 10. The lowest BCUT2D eigenvalue weighted by atomic mass is 9.98. The van der Waals surface area contributed by atoms with Gasteiger partial charge in [0.2, 0.25) is 5.78 Å². The summed E-state index contributed by atoms with van der Waals surface area (Å²) in [7, 11) is 0. The van der Waals surface area contributed by atoms with E-state index >= 15 is 0 Å². The smallest absolute Gasteiger partial charge is 0.312 e. The second-order valence-corrected chi connectivity index (χ2v) is 8.00. The van der Waals surface area contributed by atoms with Gasteiger partial charge in [0, 0.05) is 10.5 Å². The van der Waals surface area contributed by atoms with Gasteiger partial charge in [-0.2, -0.15) is 0 Å². The number of thiol groups is 1. The zero-order valence-electron chi connectivity index (χ0n) is 18.2. The number of Topliss-reactive ketones (excluding diaryl/α,β-unsaturated/α-hetero) is 1. The second kappa shape index (κ2) is 12.0. The first kappa shape index (κ1) is 23.5. The van der Waals surface area contributed by atoms with Gasteiger partial charge in [0.1, 0.15) is 5.71 Å². The summed E-state index contributed by atoms with van der Waals surface area (Å²) in [5.74, 6) is -0.859. The van der Waals surface area contributed by atoms with E-state index in [4.69, 9.17) is 4.84 Å². The number of hydrogen-bond donors (Lipinski definition) is 1. The molecular formula is C27H27NO3S. The van der Waals surface area contributed by atoms with Gasteiger partial charge >= 0.3 is 5.97 Å². The monoisotopic (exact) mass is 445 g/mol. The molecule has 0 bridgehead atoms. The SMILES string of the molecule is CCCCCCC(=NOC(=O)c1ccccc1)C(=O)c1ccc(-c2ccccc2)cc1S. The van der Waals surface area contributed by atoms with Crippen molar-refractivity contribution in [3.05, 3.63) is 90.0 Å². The zero-order valence-corrected chi connectivity index (χ0v) is 19.1. The number of nitrogens with zero attached hydrogens (tertiary/aromatic N) is 1. The van der Waals surface area contributed by atoms with E-state index in [1.165, 1.54) is 0 Å². The molecule has 0 N–H and O–H groups in total. The summed E-state index contributed by atoms with van der Waals surface area (Å²) in [6, 6.07) is 24.0. The summed E-state index contributed by atoms with van der Waals surface area (Å²) < 4.78 is 0. The van der Waals surface area contributed by atoms with Crippen molar-refractivity contribution < 1.29 is 14.4 Å². The van der Waals surface area contributed by atoms with Crippen LogP contribution in [0.3, 0.4) is 0 Å². The summed E-state index contributed by atoms with van der Waals surface area (Å²) in [5.41, 5.74) is 3.08. The fourth-order valence-corrected chi connectivity index (χ4v) is 3.65. The van der Waals surface area contributed by atoms with Crippen LogP contribution in [0.15, 0.2) is 88.9 Å². The predicted octanol–water partition coefficient (Wildman–Crippen LogP) is 7.01. The highest BCUT2D eigenvalue weighted by molar-refractivity contribution is 7.80. The summed E-state index contributed by atoms with van der Waals surface area (Å²) in [6.45, 7) is 2.13. The van der Waals surface area contributed by atoms with E-state index in [0.717, 1.165) is 36.8 Å². The van der Waals surface area contributed by atoms with E-state index in [2.05, 4.69) is 24.7 Å². The molecule has 4 nitrogen and oxygen atoms in total. The Labute approximate surface area is 194 Å². The third-order valence-electron chi connectivity index (χ3n) is 5.13. The Hall–Kier alpha value is -3.18. The van der Waals surface area contributed by atoms with Gasteiger partial charge in [-0.1, -0.05) is 85.9 Å². The van der Waals surface area contributed by atoms with E-state index < -0.39 is 5.97 Å². The number of unbranched alkanes of at least 4 members (excludes halogenated alkanes) is 3. The first-order valence-corrected chi connectivity index (χ1v) is 11.3. The lowest BCUT2D eigenvalue weighted by molar-refractivity contribution is 0.0514. The van der Waals surface area contributed by atoms with Crippen LogP contribution >= 0.6 is 12.6 Å². The molecule has 164 valence electrons. The fourth-order valence-electron chi connectivity index (χ4n) is 3.33. The minimum Gasteiger partial charge on any atom is -0.312 e. The van der Waals surface area contributed by atoms with Crippen molar-refractivity contribution in [3.63, 3.8) is 0 Å². The third kappa shape index (κ3) is 6.41. The van der Waals surface area contributed by atoms with Crippen molar-refractivity contribution in [3.8, 4) is 11.1 Å². The molecule has 0 heterocycles. The van der Waals surface area contributed by atoms with Crippen LogP contribution in [-0.2, 0) is 4.84 Å². The van der Waals surface area contributed by atoms with Gasteiger partial charge in [-0.25, -0.2) is 4.79 Å². The van der Waals surface area contributed by atoms with Crippen molar-refractivity contribution in [2.75, 3.05) is 0 Å². The molecule has 0 radical (unpaired) electrons. The molecule has 0 saturated heterocycles.